The Labute approximate surface area is 177 Å². The van der Waals surface area contributed by atoms with Crippen molar-refractivity contribution in [1.29, 1.82) is 0 Å². The van der Waals surface area contributed by atoms with Gasteiger partial charge in [-0.3, -0.25) is 13.6 Å². The van der Waals surface area contributed by atoms with Crippen molar-refractivity contribution in [3.05, 3.63) is 22.7 Å². The Morgan fingerprint density at radius 1 is 1.32 bits per heavy atom. The van der Waals surface area contributed by atoms with Gasteiger partial charge in [0.1, 0.15) is 30.7 Å². The van der Waals surface area contributed by atoms with Gasteiger partial charge in [0.15, 0.2) is 6.23 Å². The summed E-state index contributed by atoms with van der Waals surface area (Å²) in [5.74, 6) is -0.0669. The molecule has 31 heavy (non-hydrogen) atoms. The summed E-state index contributed by atoms with van der Waals surface area (Å²) in [7, 11) is -4.76. The first kappa shape index (κ1) is 26.0. The van der Waals surface area contributed by atoms with Crippen LogP contribution in [-0.4, -0.2) is 93.2 Å². The lowest BCUT2D eigenvalue weighted by Crippen LogP contribution is -2.47. The number of nitrogen functional groups attached to an aromatic ring is 1. The Morgan fingerprint density at radius 3 is 2.52 bits per heavy atom. The molecule has 15 nitrogen and oxygen atoms in total. The lowest BCUT2D eigenvalue weighted by molar-refractivity contribution is -0.870. The van der Waals surface area contributed by atoms with E-state index in [1.54, 1.807) is 21.1 Å². The Bertz CT molecular complexity index is 936. The van der Waals surface area contributed by atoms with E-state index >= 15 is 0 Å². The number of anilines is 1. The molecule has 1 aliphatic heterocycles. The third-order valence-electron chi connectivity index (χ3n) is 4.15. The summed E-state index contributed by atoms with van der Waals surface area (Å²) in [4.78, 5) is 34.7. The predicted molar refractivity (Wildman–Crippen MR) is 104 cm³/mol. The first-order valence-corrected chi connectivity index (χ1v) is 11.9. The van der Waals surface area contributed by atoms with Crippen LogP contribution < -0.4 is 11.4 Å². The first-order valence-electron chi connectivity index (χ1n) is 8.87. The Morgan fingerprint density at radius 2 is 1.94 bits per heavy atom. The molecular formula is C14H27N4O11P2+. The van der Waals surface area contributed by atoms with Crippen molar-refractivity contribution < 1.29 is 51.7 Å². The number of hydrogen-bond donors (Lipinski definition) is 5. The zero-order valence-corrected chi connectivity index (χ0v) is 18.9. The van der Waals surface area contributed by atoms with E-state index in [0.717, 1.165) is 4.57 Å². The van der Waals surface area contributed by atoms with Gasteiger partial charge in [0, 0.05) is 6.20 Å². The van der Waals surface area contributed by atoms with Gasteiger partial charge in [0.05, 0.1) is 34.4 Å². The standard InChI is InChI=1S/C14H26N4O11P2/c1-18(2,3)6-7-27-30(22,23)29-31(24,25)28-9-14(21)8-26-12(11(14)19)17-5-4-10(15)16-13(17)20/h4-5,11-12,19,21H,6-9H2,1-3H3,(H3-,15,16,20,22,23,24,25)/p+1. The van der Waals surface area contributed by atoms with Gasteiger partial charge in [-0.05, 0) is 6.07 Å². The van der Waals surface area contributed by atoms with Crippen LogP contribution in [0, 0.1) is 0 Å². The van der Waals surface area contributed by atoms with Crippen LogP contribution in [0.3, 0.4) is 0 Å². The van der Waals surface area contributed by atoms with Crippen molar-refractivity contribution in [1.82, 2.24) is 9.55 Å². The molecule has 0 radical (unpaired) electrons. The summed E-state index contributed by atoms with van der Waals surface area (Å²) in [6, 6.07) is 1.26. The molecule has 1 fully saturated rings. The summed E-state index contributed by atoms with van der Waals surface area (Å²) >= 11 is 0. The van der Waals surface area contributed by atoms with E-state index in [2.05, 4.69) is 18.3 Å². The van der Waals surface area contributed by atoms with Crippen LogP contribution in [0.25, 0.3) is 0 Å². The highest BCUT2D eigenvalue weighted by atomic mass is 31.3. The number of likely N-dealkylation sites (N-methyl/N-ethyl adjacent to an activating group) is 1. The van der Waals surface area contributed by atoms with Gasteiger partial charge < -0.3 is 35.0 Å². The maximum absolute atomic E-state index is 12.0. The smallest absolute Gasteiger partial charge is 0.385 e. The molecule has 0 bridgehead atoms. The van der Waals surface area contributed by atoms with Gasteiger partial charge in [-0.15, -0.1) is 0 Å². The number of nitrogens with two attached hydrogens (primary N) is 1. The zero-order valence-electron chi connectivity index (χ0n) is 17.1. The normalized spacial score (nSPS) is 28.2. The maximum atomic E-state index is 12.0. The Hall–Kier alpha value is -1.22. The molecule has 0 spiro atoms. The third-order valence-corrected chi connectivity index (χ3v) is 6.77. The number of aliphatic hydroxyl groups is 2. The van der Waals surface area contributed by atoms with Crippen molar-refractivity contribution in [2.75, 3.05) is 53.2 Å². The number of hydrogen-bond acceptors (Lipinski definition) is 11. The largest absolute Gasteiger partial charge is 0.481 e. The quantitative estimate of drug-likeness (QED) is 0.185. The van der Waals surface area contributed by atoms with E-state index in [-0.39, 0.29) is 12.4 Å². The van der Waals surface area contributed by atoms with Gasteiger partial charge in [-0.1, -0.05) is 0 Å². The second kappa shape index (κ2) is 9.33. The van der Waals surface area contributed by atoms with Crippen LogP contribution in [-0.2, 0) is 27.2 Å². The molecule has 2 rings (SSSR count). The molecule has 0 saturated carbocycles. The number of quaternary nitrogens is 1. The van der Waals surface area contributed by atoms with Gasteiger partial charge in [0.2, 0.25) is 0 Å². The van der Waals surface area contributed by atoms with Gasteiger partial charge in [-0.25, -0.2) is 13.9 Å². The van der Waals surface area contributed by atoms with Gasteiger partial charge >= 0.3 is 21.3 Å². The highest BCUT2D eigenvalue weighted by molar-refractivity contribution is 7.61. The van der Waals surface area contributed by atoms with Crippen LogP contribution in [0.1, 0.15) is 6.23 Å². The van der Waals surface area contributed by atoms with E-state index in [0.29, 0.717) is 11.0 Å². The molecule has 0 aliphatic carbocycles. The summed E-state index contributed by atoms with van der Waals surface area (Å²) in [5, 5.41) is 20.9. The van der Waals surface area contributed by atoms with E-state index in [9.17, 15) is 33.9 Å². The summed E-state index contributed by atoms with van der Waals surface area (Å²) < 4.78 is 43.7. The van der Waals surface area contributed by atoms with Crippen molar-refractivity contribution in [2.45, 2.75) is 17.9 Å². The molecule has 0 aromatic carbocycles. The number of aromatic nitrogens is 2. The third kappa shape index (κ3) is 7.41. The van der Waals surface area contributed by atoms with E-state index in [1.165, 1.54) is 12.3 Å². The molecule has 1 aliphatic rings. The summed E-state index contributed by atoms with van der Waals surface area (Å²) in [5.41, 5.74) is 2.27. The molecular weight excluding hydrogens is 462 g/mol. The highest BCUT2D eigenvalue weighted by Gasteiger charge is 2.51. The molecule has 1 aromatic rings. The lowest BCUT2D eigenvalue weighted by atomic mass is 10.0. The Kier molecular flexibility index (Phi) is 7.84. The molecule has 0 amide bonds. The molecule has 17 heteroatoms. The molecule has 5 unspecified atom stereocenters. The number of ether oxygens (including phenoxy) is 1. The average molecular weight is 489 g/mol. The predicted octanol–water partition coefficient (Wildman–Crippen LogP) is -1.60. The highest BCUT2D eigenvalue weighted by Crippen LogP contribution is 2.60. The molecule has 178 valence electrons. The monoisotopic (exact) mass is 489 g/mol. The SMILES string of the molecule is C[N+](C)(C)CCOP(=O)(O)OP(=O)(O)OCC1(O)COC(n2ccc(N)nc2=O)C1O. The van der Waals surface area contributed by atoms with Crippen LogP contribution in [0.15, 0.2) is 17.1 Å². The lowest BCUT2D eigenvalue weighted by Gasteiger charge is -2.27. The van der Waals surface area contributed by atoms with Crippen LogP contribution >= 0.6 is 15.6 Å². The minimum atomic E-state index is -5.19. The minimum Gasteiger partial charge on any atom is -0.385 e. The molecule has 1 saturated heterocycles. The molecule has 5 atom stereocenters. The number of nitrogens with zero attached hydrogens (tertiary/aromatic N) is 3. The van der Waals surface area contributed by atoms with Crippen LogP contribution in [0.2, 0.25) is 0 Å². The second-order valence-corrected chi connectivity index (χ2v) is 11.0. The molecule has 2 heterocycles. The van der Waals surface area contributed by atoms with Gasteiger partial charge in [0.25, 0.3) is 0 Å². The number of aliphatic hydroxyl groups excluding tert-OH is 1. The fourth-order valence-corrected chi connectivity index (χ4v) is 4.57. The fraction of sp³-hybridized carbons (Fsp3) is 0.714. The van der Waals surface area contributed by atoms with Gasteiger partial charge in [-0.2, -0.15) is 9.29 Å². The zero-order chi connectivity index (χ0) is 23.7. The maximum Gasteiger partial charge on any atom is 0.481 e. The first-order chi connectivity index (χ1) is 14.0. The van der Waals surface area contributed by atoms with Crippen molar-refractivity contribution >= 4 is 21.5 Å². The second-order valence-electron chi connectivity index (χ2n) is 7.93. The van der Waals surface area contributed by atoms with E-state index in [1.807, 2.05) is 0 Å². The summed E-state index contributed by atoms with van der Waals surface area (Å²) in [6.45, 7) is -1.59. The molecule has 6 N–H and O–H groups in total. The molecule has 1 aromatic heterocycles. The number of phosphoric acid groups is 2. The van der Waals surface area contributed by atoms with Crippen molar-refractivity contribution in [2.24, 2.45) is 0 Å². The van der Waals surface area contributed by atoms with E-state index < -0.39 is 52.5 Å². The topological polar surface area (TPSA) is 213 Å². The average Bonchev–Trinajstić information content (AvgIpc) is 2.87. The minimum absolute atomic E-state index is 0.0669. The van der Waals surface area contributed by atoms with Crippen molar-refractivity contribution in [3.8, 4) is 0 Å². The fourth-order valence-electron chi connectivity index (χ4n) is 2.45. The number of phosphoric ester groups is 2. The van der Waals surface area contributed by atoms with Crippen LogP contribution in [0.5, 0.6) is 0 Å². The number of rotatable bonds is 10. The van der Waals surface area contributed by atoms with Crippen LogP contribution in [0.4, 0.5) is 5.82 Å². The Balaban J connectivity index is 1.98. The van der Waals surface area contributed by atoms with Crippen molar-refractivity contribution in [3.63, 3.8) is 0 Å². The van der Waals surface area contributed by atoms with E-state index in [4.69, 9.17) is 10.5 Å². The summed E-state index contributed by atoms with van der Waals surface area (Å²) in [6.07, 6.45) is -2.01.